The summed E-state index contributed by atoms with van der Waals surface area (Å²) in [6, 6.07) is 29.9. The highest BCUT2D eigenvalue weighted by Crippen LogP contribution is 2.49. The van der Waals surface area contributed by atoms with Crippen LogP contribution in [0.2, 0.25) is 0 Å². The maximum atomic E-state index is 13.6. The van der Waals surface area contributed by atoms with Crippen LogP contribution in [0.4, 0.5) is 0 Å². The van der Waals surface area contributed by atoms with E-state index >= 15 is 0 Å². The molecule has 30 heavy (non-hydrogen) atoms. The van der Waals surface area contributed by atoms with Crippen molar-refractivity contribution in [3.05, 3.63) is 120 Å². The Kier molecular flexibility index (Phi) is 4.80. The van der Waals surface area contributed by atoms with Crippen LogP contribution in [0.25, 0.3) is 0 Å². The normalized spacial score (nSPS) is 25.4. The molecular weight excluding hydrogens is 370 g/mol. The Morgan fingerprint density at radius 1 is 0.567 bits per heavy atom. The van der Waals surface area contributed by atoms with Gasteiger partial charge < -0.3 is 0 Å². The Morgan fingerprint density at radius 3 is 1.40 bits per heavy atom. The van der Waals surface area contributed by atoms with E-state index < -0.39 is 0 Å². The SMILES string of the molecule is O=C1[C@H]2[C@H](C(=O)N1Cc1ccccc1)[C@H](c1ccccc1)C=C[C@H]2c1ccccc1. The Bertz CT molecular complexity index is 1010. The first-order valence-corrected chi connectivity index (χ1v) is 10.4. The van der Waals surface area contributed by atoms with E-state index in [2.05, 4.69) is 12.2 Å². The molecule has 5 rings (SSSR count). The van der Waals surface area contributed by atoms with Gasteiger partial charge in [-0.2, -0.15) is 0 Å². The first-order chi connectivity index (χ1) is 14.7. The third-order valence-electron chi connectivity index (χ3n) is 6.34. The van der Waals surface area contributed by atoms with Crippen molar-refractivity contribution >= 4 is 11.8 Å². The Hall–Kier alpha value is -3.46. The van der Waals surface area contributed by atoms with Crippen LogP contribution in [0.3, 0.4) is 0 Å². The molecule has 1 saturated heterocycles. The summed E-state index contributed by atoms with van der Waals surface area (Å²) in [6.45, 7) is 0.328. The molecule has 0 radical (unpaired) electrons. The second-order valence-electron chi connectivity index (χ2n) is 8.06. The molecule has 1 aliphatic heterocycles. The van der Waals surface area contributed by atoms with Crippen molar-refractivity contribution in [3.63, 3.8) is 0 Å². The highest BCUT2D eigenvalue weighted by Gasteiger charge is 2.54. The number of fused-ring (bicyclic) bond motifs is 1. The maximum Gasteiger partial charge on any atom is 0.234 e. The summed E-state index contributed by atoms with van der Waals surface area (Å²) < 4.78 is 0. The zero-order valence-corrected chi connectivity index (χ0v) is 16.6. The van der Waals surface area contributed by atoms with E-state index in [1.165, 1.54) is 4.90 Å². The van der Waals surface area contributed by atoms with Gasteiger partial charge in [0.25, 0.3) is 0 Å². The first kappa shape index (κ1) is 18.6. The fourth-order valence-corrected chi connectivity index (χ4v) is 4.92. The van der Waals surface area contributed by atoms with E-state index in [9.17, 15) is 9.59 Å². The predicted molar refractivity (Wildman–Crippen MR) is 116 cm³/mol. The van der Waals surface area contributed by atoms with Crippen molar-refractivity contribution in [2.75, 3.05) is 0 Å². The van der Waals surface area contributed by atoms with Gasteiger partial charge in [0.15, 0.2) is 0 Å². The van der Waals surface area contributed by atoms with Crippen LogP contribution in [0.5, 0.6) is 0 Å². The molecule has 3 aromatic rings. The zero-order chi connectivity index (χ0) is 20.5. The fraction of sp³-hybridized carbons (Fsp3) is 0.185. The van der Waals surface area contributed by atoms with Gasteiger partial charge >= 0.3 is 0 Å². The summed E-state index contributed by atoms with van der Waals surface area (Å²) in [5.41, 5.74) is 3.13. The van der Waals surface area contributed by atoms with Crippen LogP contribution in [0, 0.1) is 11.8 Å². The van der Waals surface area contributed by atoms with Gasteiger partial charge in [-0.25, -0.2) is 0 Å². The number of nitrogens with zero attached hydrogens (tertiary/aromatic N) is 1. The topological polar surface area (TPSA) is 37.4 Å². The van der Waals surface area contributed by atoms with Gasteiger partial charge in [0.2, 0.25) is 11.8 Å². The van der Waals surface area contributed by atoms with E-state index in [0.29, 0.717) is 6.54 Å². The lowest BCUT2D eigenvalue weighted by atomic mass is 9.68. The summed E-state index contributed by atoms with van der Waals surface area (Å²) in [4.78, 5) is 28.6. The number of rotatable bonds is 4. The molecule has 0 spiro atoms. The molecule has 3 aromatic carbocycles. The smallest absolute Gasteiger partial charge is 0.234 e. The van der Waals surface area contributed by atoms with E-state index in [4.69, 9.17) is 0 Å². The maximum absolute atomic E-state index is 13.6. The van der Waals surface area contributed by atoms with Crippen LogP contribution in [0.1, 0.15) is 28.5 Å². The number of hydrogen-bond acceptors (Lipinski definition) is 2. The monoisotopic (exact) mass is 393 g/mol. The summed E-state index contributed by atoms with van der Waals surface area (Å²) >= 11 is 0. The molecular formula is C27H23NO2. The van der Waals surface area contributed by atoms with Crippen LogP contribution in [0.15, 0.2) is 103 Å². The van der Waals surface area contributed by atoms with Crippen molar-refractivity contribution < 1.29 is 9.59 Å². The van der Waals surface area contributed by atoms with Gasteiger partial charge in [0, 0.05) is 11.8 Å². The molecule has 3 heteroatoms. The summed E-state index contributed by atoms with van der Waals surface area (Å²) in [5, 5.41) is 0. The second kappa shape index (κ2) is 7.75. The minimum absolute atomic E-state index is 0.0620. The van der Waals surface area contributed by atoms with Crippen LogP contribution in [-0.2, 0) is 16.1 Å². The molecule has 3 nitrogen and oxygen atoms in total. The average Bonchev–Trinajstić information content (AvgIpc) is 3.06. The predicted octanol–water partition coefficient (Wildman–Crippen LogP) is 4.93. The molecule has 1 fully saturated rings. The lowest BCUT2D eigenvalue weighted by Gasteiger charge is -2.32. The van der Waals surface area contributed by atoms with Gasteiger partial charge in [-0.3, -0.25) is 14.5 Å². The van der Waals surface area contributed by atoms with Crippen molar-refractivity contribution in [2.45, 2.75) is 18.4 Å². The summed E-state index contributed by atoms with van der Waals surface area (Å²) in [7, 11) is 0. The van der Waals surface area contributed by atoms with Gasteiger partial charge in [0.05, 0.1) is 18.4 Å². The summed E-state index contributed by atoms with van der Waals surface area (Å²) in [5.74, 6) is -1.06. The number of carbonyl (C=O) groups is 2. The van der Waals surface area contributed by atoms with Crippen molar-refractivity contribution in [1.29, 1.82) is 0 Å². The largest absolute Gasteiger partial charge is 0.278 e. The minimum atomic E-state index is -0.376. The number of benzene rings is 3. The molecule has 148 valence electrons. The molecule has 1 heterocycles. The number of amides is 2. The number of likely N-dealkylation sites (tertiary alicyclic amines) is 1. The van der Waals surface area contributed by atoms with Crippen molar-refractivity contribution in [2.24, 2.45) is 11.8 Å². The highest BCUT2D eigenvalue weighted by atomic mass is 16.2. The zero-order valence-electron chi connectivity index (χ0n) is 16.6. The first-order valence-electron chi connectivity index (χ1n) is 10.4. The number of hydrogen-bond donors (Lipinski definition) is 0. The quantitative estimate of drug-likeness (QED) is 0.466. The third-order valence-corrected chi connectivity index (χ3v) is 6.34. The van der Waals surface area contributed by atoms with Crippen molar-refractivity contribution in [1.82, 2.24) is 4.90 Å². The minimum Gasteiger partial charge on any atom is -0.278 e. The molecule has 0 bridgehead atoms. The Labute approximate surface area is 176 Å². The van der Waals surface area contributed by atoms with E-state index in [-0.39, 0.29) is 35.5 Å². The summed E-state index contributed by atoms with van der Waals surface area (Å²) in [6.07, 6.45) is 4.26. The standard InChI is InChI=1S/C27H23NO2/c29-26-24-22(20-12-6-2-7-13-20)16-17-23(21-14-8-3-9-15-21)25(24)27(30)28(26)18-19-10-4-1-5-11-19/h1-17,22-25H,18H2/t22-,23-,24+,25+/m0/s1. The van der Waals surface area contributed by atoms with Crippen molar-refractivity contribution in [3.8, 4) is 0 Å². The second-order valence-corrected chi connectivity index (χ2v) is 8.06. The van der Waals surface area contributed by atoms with E-state index in [1.807, 2.05) is 91.0 Å². The van der Waals surface area contributed by atoms with Crippen LogP contribution in [-0.4, -0.2) is 16.7 Å². The van der Waals surface area contributed by atoms with Crippen LogP contribution >= 0.6 is 0 Å². The Balaban J connectivity index is 1.57. The third kappa shape index (κ3) is 3.17. The molecule has 0 aromatic heterocycles. The number of allylic oxidation sites excluding steroid dienone is 2. The molecule has 0 saturated carbocycles. The fourth-order valence-electron chi connectivity index (χ4n) is 4.92. The molecule has 2 aliphatic rings. The lowest BCUT2D eigenvalue weighted by molar-refractivity contribution is -0.140. The molecule has 0 unspecified atom stereocenters. The van der Waals surface area contributed by atoms with E-state index in [1.54, 1.807) is 0 Å². The van der Waals surface area contributed by atoms with Gasteiger partial charge in [0.1, 0.15) is 0 Å². The average molecular weight is 393 g/mol. The number of imide groups is 1. The highest BCUT2D eigenvalue weighted by molar-refractivity contribution is 6.06. The Morgan fingerprint density at radius 2 is 0.967 bits per heavy atom. The molecule has 4 atom stereocenters. The van der Waals surface area contributed by atoms with Gasteiger partial charge in [-0.15, -0.1) is 0 Å². The number of carbonyl (C=O) groups excluding carboxylic acids is 2. The molecule has 1 aliphatic carbocycles. The van der Waals surface area contributed by atoms with E-state index in [0.717, 1.165) is 16.7 Å². The van der Waals surface area contributed by atoms with Gasteiger partial charge in [-0.05, 0) is 16.7 Å². The molecule has 0 N–H and O–H groups in total. The van der Waals surface area contributed by atoms with Gasteiger partial charge in [-0.1, -0.05) is 103 Å². The molecule has 2 amide bonds. The lowest BCUT2D eigenvalue weighted by Crippen LogP contribution is -2.31. The van der Waals surface area contributed by atoms with Crippen LogP contribution < -0.4 is 0 Å².